The van der Waals surface area contributed by atoms with Crippen LogP contribution in [0.1, 0.15) is 43.1 Å². The first-order chi connectivity index (χ1) is 9.37. The fraction of sp³-hybridized carbons (Fsp3) is 0.412. The van der Waals surface area contributed by atoms with Crippen molar-refractivity contribution in [2.75, 3.05) is 0 Å². The summed E-state index contributed by atoms with van der Waals surface area (Å²) in [5.74, 6) is 0. The van der Waals surface area contributed by atoms with Crippen molar-refractivity contribution in [2.24, 2.45) is 11.1 Å². The fourth-order valence-corrected chi connectivity index (χ4v) is 3.83. The zero-order valence-electron chi connectivity index (χ0n) is 12.3. The van der Waals surface area contributed by atoms with E-state index in [0.717, 1.165) is 17.3 Å². The van der Waals surface area contributed by atoms with Crippen LogP contribution in [-0.4, -0.2) is 4.57 Å². The number of benzene rings is 1. The number of aryl methyl sites for hydroxylation is 1. The highest BCUT2D eigenvalue weighted by Gasteiger charge is 2.32. The molecule has 1 atom stereocenters. The minimum atomic E-state index is 0.158. The molecular formula is C17H21BrN2. The standard InChI is InChI=1S/C17H21BrN2/c1-11-8-12(18)4-5-15(11)20-7-6-13-14(19)9-17(2,3)10-16(13)20/h4-8,14H,9-10,19H2,1-3H3. The van der Waals surface area contributed by atoms with Crippen molar-refractivity contribution in [3.05, 3.63) is 51.8 Å². The Balaban J connectivity index is 2.13. The summed E-state index contributed by atoms with van der Waals surface area (Å²) in [6.45, 7) is 6.77. The van der Waals surface area contributed by atoms with Crippen molar-refractivity contribution >= 4 is 15.9 Å². The number of hydrogen-bond donors (Lipinski definition) is 1. The van der Waals surface area contributed by atoms with Crippen LogP contribution in [0.5, 0.6) is 0 Å². The summed E-state index contributed by atoms with van der Waals surface area (Å²) in [6.07, 6.45) is 4.31. The first kappa shape index (κ1) is 13.9. The molecule has 106 valence electrons. The SMILES string of the molecule is Cc1cc(Br)ccc1-n1ccc2c1CC(C)(C)CC2N. The quantitative estimate of drug-likeness (QED) is 0.817. The molecule has 1 aromatic carbocycles. The molecule has 3 heteroatoms. The Morgan fingerprint density at radius 3 is 2.75 bits per heavy atom. The van der Waals surface area contributed by atoms with E-state index >= 15 is 0 Å². The van der Waals surface area contributed by atoms with Crippen molar-refractivity contribution < 1.29 is 0 Å². The van der Waals surface area contributed by atoms with Gasteiger partial charge in [-0.25, -0.2) is 0 Å². The van der Waals surface area contributed by atoms with Gasteiger partial charge in [0.15, 0.2) is 0 Å². The molecule has 2 aromatic rings. The van der Waals surface area contributed by atoms with Crippen LogP contribution in [0.4, 0.5) is 0 Å². The third-order valence-electron chi connectivity index (χ3n) is 4.26. The molecule has 0 amide bonds. The third-order valence-corrected chi connectivity index (χ3v) is 4.76. The van der Waals surface area contributed by atoms with Crippen LogP contribution >= 0.6 is 15.9 Å². The average molecular weight is 333 g/mol. The largest absolute Gasteiger partial charge is 0.324 e. The van der Waals surface area contributed by atoms with Crippen molar-refractivity contribution in [1.82, 2.24) is 4.57 Å². The van der Waals surface area contributed by atoms with Gasteiger partial charge in [0.2, 0.25) is 0 Å². The molecule has 1 heterocycles. The summed E-state index contributed by atoms with van der Waals surface area (Å²) >= 11 is 3.53. The predicted octanol–water partition coefficient (Wildman–Crippen LogP) is 4.52. The topological polar surface area (TPSA) is 30.9 Å². The molecular weight excluding hydrogens is 312 g/mol. The lowest BCUT2D eigenvalue weighted by atomic mass is 9.74. The maximum absolute atomic E-state index is 6.35. The highest BCUT2D eigenvalue weighted by atomic mass is 79.9. The third kappa shape index (κ3) is 2.33. The number of fused-ring (bicyclic) bond motifs is 1. The van der Waals surface area contributed by atoms with E-state index in [2.05, 4.69) is 71.7 Å². The molecule has 0 bridgehead atoms. The fourth-order valence-electron chi connectivity index (χ4n) is 3.35. The summed E-state index contributed by atoms with van der Waals surface area (Å²) in [5.41, 5.74) is 11.8. The van der Waals surface area contributed by atoms with Crippen LogP contribution in [0.25, 0.3) is 5.69 Å². The van der Waals surface area contributed by atoms with E-state index in [1.807, 2.05) is 0 Å². The van der Waals surface area contributed by atoms with E-state index in [4.69, 9.17) is 5.73 Å². The maximum Gasteiger partial charge on any atom is 0.0482 e. The summed E-state index contributed by atoms with van der Waals surface area (Å²) in [7, 11) is 0. The maximum atomic E-state index is 6.35. The van der Waals surface area contributed by atoms with Crippen LogP contribution in [-0.2, 0) is 6.42 Å². The molecule has 3 rings (SSSR count). The van der Waals surface area contributed by atoms with Gasteiger partial charge in [-0.15, -0.1) is 0 Å². The van der Waals surface area contributed by atoms with Crippen LogP contribution in [0, 0.1) is 12.3 Å². The Morgan fingerprint density at radius 2 is 2.05 bits per heavy atom. The lowest BCUT2D eigenvalue weighted by Gasteiger charge is -2.34. The van der Waals surface area contributed by atoms with E-state index in [0.29, 0.717) is 0 Å². The van der Waals surface area contributed by atoms with Crippen LogP contribution in [0.3, 0.4) is 0 Å². The van der Waals surface area contributed by atoms with E-state index in [-0.39, 0.29) is 11.5 Å². The van der Waals surface area contributed by atoms with E-state index in [1.54, 1.807) is 0 Å². The van der Waals surface area contributed by atoms with Gasteiger partial charge >= 0.3 is 0 Å². The minimum Gasteiger partial charge on any atom is -0.324 e. The minimum absolute atomic E-state index is 0.158. The molecule has 0 fully saturated rings. The van der Waals surface area contributed by atoms with Crippen molar-refractivity contribution in [3.8, 4) is 5.69 Å². The molecule has 0 saturated carbocycles. The Kier molecular flexibility index (Phi) is 3.30. The smallest absolute Gasteiger partial charge is 0.0482 e. The summed E-state index contributed by atoms with van der Waals surface area (Å²) < 4.78 is 3.44. The zero-order chi connectivity index (χ0) is 14.5. The molecule has 1 aliphatic rings. The van der Waals surface area contributed by atoms with Crippen molar-refractivity contribution in [1.29, 1.82) is 0 Å². The van der Waals surface area contributed by atoms with Gasteiger partial charge in [-0.05, 0) is 60.6 Å². The molecule has 2 nitrogen and oxygen atoms in total. The monoisotopic (exact) mass is 332 g/mol. The zero-order valence-corrected chi connectivity index (χ0v) is 13.9. The number of hydrogen-bond acceptors (Lipinski definition) is 1. The first-order valence-corrected chi connectivity index (χ1v) is 7.89. The highest BCUT2D eigenvalue weighted by molar-refractivity contribution is 9.10. The molecule has 0 saturated heterocycles. The van der Waals surface area contributed by atoms with E-state index in [9.17, 15) is 0 Å². The van der Waals surface area contributed by atoms with Gasteiger partial charge in [-0.2, -0.15) is 0 Å². The summed E-state index contributed by atoms with van der Waals surface area (Å²) in [4.78, 5) is 0. The molecule has 1 aliphatic carbocycles. The van der Waals surface area contributed by atoms with Crippen molar-refractivity contribution in [2.45, 2.75) is 39.7 Å². The number of nitrogens with two attached hydrogens (primary N) is 1. The molecule has 0 spiro atoms. The lowest BCUT2D eigenvalue weighted by molar-refractivity contribution is 0.278. The van der Waals surface area contributed by atoms with Crippen LogP contribution < -0.4 is 5.73 Å². The molecule has 0 aliphatic heterocycles. The van der Waals surface area contributed by atoms with Gasteiger partial charge in [0.05, 0.1) is 0 Å². The molecule has 0 radical (unpaired) electrons. The number of aromatic nitrogens is 1. The molecule has 2 N–H and O–H groups in total. The Labute approximate surface area is 129 Å². The van der Waals surface area contributed by atoms with Gasteiger partial charge in [-0.3, -0.25) is 0 Å². The molecule has 1 unspecified atom stereocenters. The second-order valence-corrected chi connectivity index (χ2v) is 7.59. The second kappa shape index (κ2) is 4.74. The van der Waals surface area contributed by atoms with Crippen LogP contribution in [0.2, 0.25) is 0 Å². The molecule has 20 heavy (non-hydrogen) atoms. The summed E-state index contributed by atoms with van der Waals surface area (Å²) in [6, 6.07) is 8.78. The van der Waals surface area contributed by atoms with Gasteiger partial charge < -0.3 is 10.3 Å². The van der Waals surface area contributed by atoms with Crippen molar-refractivity contribution in [3.63, 3.8) is 0 Å². The lowest BCUT2D eigenvalue weighted by Crippen LogP contribution is -2.30. The normalized spacial score (nSPS) is 20.8. The second-order valence-electron chi connectivity index (χ2n) is 6.67. The Bertz CT molecular complexity index is 655. The van der Waals surface area contributed by atoms with Gasteiger partial charge in [0, 0.05) is 28.1 Å². The molecule has 1 aromatic heterocycles. The van der Waals surface area contributed by atoms with Gasteiger partial charge in [0.1, 0.15) is 0 Å². The first-order valence-electron chi connectivity index (χ1n) is 7.10. The van der Waals surface area contributed by atoms with E-state index in [1.165, 1.54) is 22.5 Å². The average Bonchev–Trinajstić information content (AvgIpc) is 2.71. The Hall–Kier alpha value is -1.06. The highest BCUT2D eigenvalue weighted by Crippen LogP contribution is 2.41. The Morgan fingerprint density at radius 1 is 1.30 bits per heavy atom. The van der Waals surface area contributed by atoms with Crippen LogP contribution in [0.15, 0.2) is 34.9 Å². The van der Waals surface area contributed by atoms with E-state index < -0.39 is 0 Å². The number of rotatable bonds is 1. The number of nitrogens with zero attached hydrogens (tertiary/aromatic N) is 1. The van der Waals surface area contributed by atoms with Gasteiger partial charge in [-0.1, -0.05) is 29.8 Å². The summed E-state index contributed by atoms with van der Waals surface area (Å²) in [5, 5.41) is 0. The van der Waals surface area contributed by atoms with Gasteiger partial charge in [0.25, 0.3) is 0 Å². The predicted molar refractivity (Wildman–Crippen MR) is 87.2 cm³/mol. The number of halogens is 1.